The second-order valence-corrected chi connectivity index (χ2v) is 7.09. The third-order valence-corrected chi connectivity index (χ3v) is 4.96. The average molecular weight is 330 g/mol. The van der Waals surface area contributed by atoms with Crippen molar-refractivity contribution in [3.8, 4) is 0 Å². The van der Waals surface area contributed by atoms with E-state index in [1.807, 2.05) is 0 Å². The molecule has 1 aliphatic rings. The Bertz CT molecular complexity index is 697. The maximum absolute atomic E-state index is 12.8. The van der Waals surface area contributed by atoms with Gasteiger partial charge in [0.1, 0.15) is 5.78 Å². The lowest BCUT2D eigenvalue weighted by molar-refractivity contribution is -0.125. The molecular formula is C24H26O. The lowest BCUT2D eigenvalue weighted by atomic mass is 9.79. The molecule has 1 heteroatoms. The summed E-state index contributed by atoms with van der Waals surface area (Å²) in [7, 11) is 0. The first-order chi connectivity index (χ1) is 12.1. The molecule has 0 amide bonds. The zero-order valence-electron chi connectivity index (χ0n) is 15.1. The summed E-state index contributed by atoms with van der Waals surface area (Å²) >= 11 is 0. The predicted octanol–water partition coefficient (Wildman–Crippen LogP) is 6.02. The van der Waals surface area contributed by atoms with E-state index in [9.17, 15) is 4.79 Å². The number of carbonyl (C=O) groups excluding carboxylic acids is 1. The minimum atomic E-state index is 0.0442. The van der Waals surface area contributed by atoms with Crippen LogP contribution in [0.2, 0.25) is 0 Å². The van der Waals surface area contributed by atoms with E-state index in [4.69, 9.17) is 0 Å². The zero-order chi connectivity index (χ0) is 17.6. The molecule has 2 aromatic carbocycles. The molecule has 2 unspecified atom stereocenters. The van der Waals surface area contributed by atoms with Crippen LogP contribution >= 0.6 is 0 Å². The Morgan fingerprint density at radius 3 is 1.52 bits per heavy atom. The van der Waals surface area contributed by atoms with Gasteiger partial charge in [-0.1, -0.05) is 90.4 Å². The van der Waals surface area contributed by atoms with Crippen LogP contribution in [-0.4, -0.2) is 5.78 Å². The molecule has 0 heterocycles. The van der Waals surface area contributed by atoms with Crippen molar-refractivity contribution >= 4 is 17.9 Å². The standard InChI is InChI=1S/C24H26O/c1-18-6-10-20(11-7-18)14-16-22-4-3-5-23(24(22)25)17-15-21-12-8-19(2)9-13-21/h6-17,22-23H,3-5H2,1-2H3/b16-14+,17-15+. The van der Waals surface area contributed by atoms with Gasteiger partial charge in [-0.05, 0) is 37.8 Å². The van der Waals surface area contributed by atoms with Crippen LogP contribution in [0.15, 0.2) is 60.7 Å². The highest BCUT2D eigenvalue weighted by molar-refractivity contribution is 5.88. The minimum absolute atomic E-state index is 0.0442. The number of Topliss-reactive ketones (excluding diaryl/α,β-unsaturated/α-hetero) is 1. The average Bonchev–Trinajstić information content (AvgIpc) is 2.62. The van der Waals surface area contributed by atoms with Crippen molar-refractivity contribution in [3.05, 3.63) is 82.9 Å². The number of allylic oxidation sites excluding steroid dienone is 2. The molecule has 0 aliphatic heterocycles. The van der Waals surface area contributed by atoms with Gasteiger partial charge in [0, 0.05) is 11.8 Å². The highest BCUT2D eigenvalue weighted by atomic mass is 16.1. The molecule has 128 valence electrons. The Morgan fingerprint density at radius 2 is 1.12 bits per heavy atom. The number of hydrogen-bond acceptors (Lipinski definition) is 1. The van der Waals surface area contributed by atoms with Crippen LogP contribution in [0.25, 0.3) is 12.2 Å². The molecular weight excluding hydrogens is 304 g/mol. The summed E-state index contributed by atoms with van der Waals surface area (Å²) in [6, 6.07) is 16.8. The SMILES string of the molecule is Cc1ccc(/C=C/C2CCCC(/C=C/c3ccc(C)cc3)C2=O)cc1. The van der Waals surface area contributed by atoms with Crippen LogP contribution in [0.3, 0.4) is 0 Å². The van der Waals surface area contributed by atoms with Crippen LogP contribution < -0.4 is 0 Å². The molecule has 0 aromatic heterocycles. The monoisotopic (exact) mass is 330 g/mol. The smallest absolute Gasteiger partial charge is 0.146 e. The van der Waals surface area contributed by atoms with Gasteiger partial charge < -0.3 is 0 Å². The second-order valence-electron chi connectivity index (χ2n) is 7.09. The fraction of sp³-hybridized carbons (Fsp3) is 0.292. The third kappa shape index (κ3) is 4.79. The lowest BCUT2D eigenvalue weighted by Gasteiger charge is -2.23. The molecule has 1 saturated carbocycles. The first kappa shape index (κ1) is 17.4. The summed E-state index contributed by atoms with van der Waals surface area (Å²) in [6.07, 6.45) is 11.4. The van der Waals surface area contributed by atoms with Gasteiger partial charge in [0.05, 0.1) is 0 Å². The molecule has 0 bridgehead atoms. The molecule has 0 saturated heterocycles. The summed E-state index contributed by atoms with van der Waals surface area (Å²) in [4.78, 5) is 12.8. The first-order valence-corrected chi connectivity index (χ1v) is 9.15. The molecule has 2 atom stereocenters. The van der Waals surface area contributed by atoms with E-state index in [-0.39, 0.29) is 11.8 Å². The minimum Gasteiger partial charge on any atom is -0.298 e. The maximum Gasteiger partial charge on any atom is 0.146 e. The van der Waals surface area contributed by atoms with Crippen molar-refractivity contribution in [2.45, 2.75) is 33.1 Å². The molecule has 2 aromatic rings. The summed E-state index contributed by atoms with van der Waals surface area (Å²) in [5.41, 5.74) is 4.84. The van der Waals surface area contributed by atoms with Gasteiger partial charge in [-0.25, -0.2) is 0 Å². The quantitative estimate of drug-likeness (QED) is 0.670. The van der Waals surface area contributed by atoms with E-state index in [1.165, 1.54) is 11.1 Å². The maximum atomic E-state index is 12.8. The summed E-state index contributed by atoms with van der Waals surface area (Å²) in [5, 5.41) is 0. The Labute approximate surface area is 151 Å². The van der Waals surface area contributed by atoms with Crippen molar-refractivity contribution < 1.29 is 4.79 Å². The Kier molecular flexibility index (Phi) is 5.65. The topological polar surface area (TPSA) is 17.1 Å². The van der Waals surface area contributed by atoms with Gasteiger partial charge in [-0.15, -0.1) is 0 Å². The van der Waals surface area contributed by atoms with E-state index >= 15 is 0 Å². The van der Waals surface area contributed by atoms with Crippen molar-refractivity contribution in [3.63, 3.8) is 0 Å². The van der Waals surface area contributed by atoms with Crippen LogP contribution in [0.4, 0.5) is 0 Å². The van der Waals surface area contributed by atoms with Gasteiger partial charge in [0.2, 0.25) is 0 Å². The van der Waals surface area contributed by atoms with Crippen molar-refractivity contribution in [2.75, 3.05) is 0 Å². The predicted molar refractivity (Wildman–Crippen MR) is 106 cm³/mol. The largest absolute Gasteiger partial charge is 0.298 e. The molecule has 3 rings (SSSR count). The highest BCUT2D eigenvalue weighted by Gasteiger charge is 2.27. The fourth-order valence-corrected chi connectivity index (χ4v) is 3.31. The Hall–Kier alpha value is -2.41. The number of ketones is 1. The highest BCUT2D eigenvalue weighted by Crippen LogP contribution is 2.28. The van der Waals surface area contributed by atoms with Gasteiger partial charge in [0.15, 0.2) is 0 Å². The molecule has 1 aliphatic carbocycles. The number of rotatable bonds is 4. The number of aryl methyl sites for hydroxylation is 2. The molecule has 0 N–H and O–H groups in total. The first-order valence-electron chi connectivity index (χ1n) is 9.15. The normalized spacial score (nSPS) is 21.3. The molecule has 0 spiro atoms. The third-order valence-electron chi connectivity index (χ3n) is 4.96. The van der Waals surface area contributed by atoms with Crippen molar-refractivity contribution in [2.24, 2.45) is 11.8 Å². The van der Waals surface area contributed by atoms with Gasteiger partial charge in [-0.3, -0.25) is 4.79 Å². The second kappa shape index (κ2) is 8.11. The van der Waals surface area contributed by atoms with Crippen LogP contribution in [0, 0.1) is 25.7 Å². The fourth-order valence-electron chi connectivity index (χ4n) is 3.31. The number of carbonyl (C=O) groups is 1. The van der Waals surface area contributed by atoms with Crippen molar-refractivity contribution in [1.29, 1.82) is 0 Å². The molecule has 25 heavy (non-hydrogen) atoms. The van der Waals surface area contributed by atoms with Gasteiger partial charge >= 0.3 is 0 Å². The van der Waals surface area contributed by atoms with Crippen molar-refractivity contribution in [1.82, 2.24) is 0 Å². The van der Waals surface area contributed by atoms with Gasteiger partial charge in [0.25, 0.3) is 0 Å². The molecule has 1 nitrogen and oxygen atoms in total. The van der Waals surface area contributed by atoms with E-state index < -0.39 is 0 Å². The Balaban J connectivity index is 1.66. The number of benzene rings is 2. The lowest BCUT2D eigenvalue weighted by Crippen LogP contribution is -2.25. The number of hydrogen-bond donors (Lipinski definition) is 0. The van der Waals surface area contributed by atoms with E-state index in [1.54, 1.807) is 0 Å². The Morgan fingerprint density at radius 1 is 0.720 bits per heavy atom. The summed E-state index contributed by atoms with van der Waals surface area (Å²) in [6.45, 7) is 4.17. The molecule has 1 fully saturated rings. The van der Waals surface area contributed by atoms with E-state index in [2.05, 4.69) is 86.7 Å². The summed E-state index contributed by atoms with van der Waals surface area (Å²) in [5.74, 6) is 0.448. The van der Waals surface area contributed by atoms with Crippen LogP contribution in [0.1, 0.15) is 41.5 Å². The van der Waals surface area contributed by atoms with E-state index in [0.29, 0.717) is 5.78 Å². The molecule has 0 radical (unpaired) electrons. The van der Waals surface area contributed by atoms with Crippen LogP contribution in [-0.2, 0) is 4.79 Å². The summed E-state index contributed by atoms with van der Waals surface area (Å²) < 4.78 is 0. The zero-order valence-corrected chi connectivity index (χ0v) is 15.1. The van der Waals surface area contributed by atoms with Gasteiger partial charge in [-0.2, -0.15) is 0 Å². The van der Waals surface area contributed by atoms with Crippen LogP contribution in [0.5, 0.6) is 0 Å². The van der Waals surface area contributed by atoms with E-state index in [0.717, 1.165) is 30.4 Å².